The molecule has 1 heterocycles. The summed E-state index contributed by atoms with van der Waals surface area (Å²) in [4.78, 5) is 12.7. The van der Waals surface area contributed by atoms with Crippen LogP contribution in [0.1, 0.15) is 15.9 Å². The van der Waals surface area contributed by atoms with Gasteiger partial charge in [-0.3, -0.25) is 4.79 Å². The highest BCUT2D eigenvalue weighted by atomic mass is 79.9. The molecule has 130 valence electrons. The van der Waals surface area contributed by atoms with Crippen molar-refractivity contribution in [3.8, 4) is 17.2 Å². The van der Waals surface area contributed by atoms with E-state index in [1.54, 1.807) is 30.3 Å². The van der Waals surface area contributed by atoms with Crippen LogP contribution in [0.4, 0.5) is 8.78 Å². The van der Waals surface area contributed by atoms with Crippen molar-refractivity contribution in [1.29, 1.82) is 0 Å². The van der Waals surface area contributed by atoms with E-state index in [9.17, 15) is 13.6 Å². The number of rotatable bonds is 4. The molecule has 1 aliphatic heterocycles. The van der Waals surface area contributed by atoms with Crippen LogP contribution in [-0.2, 0) is 0 Å². The fourth-order valence-electron chi connectivity index (χ4n) is 2.52. The molecule has 0 spiro atoms. The summed E-state index contributed by atoms with van der Waals surface area (Å²) in [7, 11) is 1.35. The lowest BCUT2D eigenvalue weighted by atomic mass is 9.98. The van der Waals surface area contributed by atoms with E-state index in [4.69, 9.17) is 9.47 Å². The van der Waals surface area contributed by atoms with Gasteiger partial charge in [0, 0.05) is 15.6 Å². The number of methoxy groups -OCH3 is 1. The van der Waals surface area contributed by atoms with Gasteiger partial charge in [-0.2, -0.15) is 8.78 Å². The van der Waals surface area contributed by atoms with Gasteiger partial charge in [0.05, 0.1) is 12.7 Å². The molecule has 3 rings (SSSR count). The SMILES string of the molecule is COc1cccc(C=C2COc3ccc(Br)cc3C2=O)c1OC(F)F. The second-order valence-electron chi connectivity index (χ2n) is 5.18. The van der Waals surface area contributed by atoms with Crippen molar-refractivity contribution < 1.29 is 27.8 Å². The highest BCUT2D eigenvalue weighted by Crippen LogP contribution is 2.36. The molecule has 0 amide bonds. The number of hydrogen-bond acceptors (Lipinski definition) is 4. The number of fused-ring (bicyclic) bond motifs is 1. The molecule has 0 fully saturated rings. The van der Waals surface area contributed by atoms with Crippen molar-refractivity contribution >= 4 is 27.8 Å². The van der Waals surface area contributed by atoms with Gasteiger partial charge in [-0.05, 0) is 30.3 Å². The van der Waals surface area contributed by atoms with Crippen LogP contribution < -0.4 is 14.2 Å². The van der Waals surface area contributed by atoms with Gasteiger partial charge in [-0.1, -0.05) is 28.1 Å². The quantitative estimate of drug-likeness (QED) is 0.684. The van der Waals surface area contributed by atoms with Gasteiger partial charge in [0.25, 0.3) is 0 Å². The van der Waals surface area contributed by atoms with E-state index in [1.807, 2.05) is 0 Å². The van der Waals surface area contributed by atoms with E-state index in [-0.39, 0.29) is 23.9 Å². The van der Waals surface area contributed by atoms with Crippen molar-refractivity contribution in [3.63, 3.8) is 0 Å². The number of ether oxygens (including phenoxy) is 3. The van der Waals surface area contributed by atoms with Gasteiger partial charge in [0.15, 0.2) is 17.3 Å². The number of alkyl halides is 2. The summed E-state index contributed by atoms with van der Waals surface area (Å²) in [5.74, 6) is 0.288. The fraction of sp³-hybridized carbons (Fsp3) is 0.167. The number of ketones is 1. The summed E-state index contributed by atoms with van der Waals surface area (Å²) >= 11 is 3.32. The zero-order chi connectivity index (χ0) is 18.0. The number of carbonyl (C=O) groups excluding carboxylic acids is 1. The predicted octanol–water partition coefficient (Wildman–Crippen LogP) is 4.72. The zero-order valence-corrected chi connectivity index (χ0v) is 14.7. The Labute approximate surface area is 151 Å². The Morgan fingerprint density at radius 2 is 2.08 bits per heavy atom. The topological polar surface area (TPSA) is 44.8 Å². The van der Waals surface area contributed by atoms with Gasteiger partial charge in [0.2, 0.25) is 0 Å². The molecule has 2 aromatic rings. The minimum absolute atomic E-state index is 0.0405. The van der Waals surface area contributed by atoms with E-state index in [0.717, 1.165) is 4.47 Å². The van der Waals surface area contributed by atoms with Crippen molar-refractivity contribution in [2.45, 2.75) is 6.61 Å². The van der Waals surface area contributed by atoms with E-state index in [1.165, 1.54) is 19.3 Å². The summed E-state index contributed by atoms with van der Waals surface area (Å²) in [6.07, 6.45) is 1.48. The van der Waals surface area contributed by atoms with Crippen molar-refractivity contribution in [2.24, 2.45) is 0 Å². The normalized spacial score (nSPS) is 15.1. The van der Waals surface area contributed by atoms with Crippen LogP contribution in [0.25, 0.3) is 6.08 Å². The second-order valence-corrected chi connectivity index (χ2v) is 6.10. The minimum Gasteiger partial charge on any atom is -0.493 e. The number of benzene rings is 2. The van der Waals surface area contributed by atoms with Crippen LogP contribution in [0.5, 0.6) is 17.2 Å². The Morgan fingerprint density at radius 1 is 1.28 bits per heavy atom. The van der Waals surface area contributed by atoms with E-state index in [0.29, 0.717) is 22.4 Å². The molecule has 7 heteroatoms. The van der Waals surface area contributed by atoms with E-state index < -0.39 is 6.61 Å². The highest BCUT2D eigenvalue weighted by molar-refractivity contribution is 9.10. The maximum Gasteiger partial charge on any atom is 0.387 e. The molecule has 0 atom stereocenters. The smallest absolute Gasteiger partial charge is 0.387 e. The average molecular weight is 411 g/mol. The first-order valence-electron chi connectivity index (χ1n) is 7.29. The van der Waals surface area contributed by atoms with Gasteiger partial charge in [0.1, 0.15) is 12.4 Å². The summed E-state index contributed by atoms with van der Waals surface area (Å²) in [6, 6.07) is 9.83. The molecular formula is C18H13BrF2O4. The molecule has 0 bridgehead atoms. The lowest BCUT2D eigenvalue weighted by Crippen LogP contribution is -2.19. The lowest BCUT2D eigenvalue weighted by molar-refractivity contribution is -0.0513. The molecule has 4 nitrogen and oxygen atoms in total. The molecule has 0 saturated carbocycles. The van der Waals surface area contributed by atoms with Crippen LogP contribution >= 0.6 is 15.9 Å². The molecule has 0 unspecified atom stereocenters. The predicted molar refractivity (Wildman–Crippen MR) is 91.6 cm³/mol. The summed E-state index contributed by atoms with van der Waals surface area (Å²) < 4.78 is 41.4. The number of carbonyl (C=O) groups is 1. The molecule has 0 aromatic heterocycles. The largest absolute Gasteiger partial charge is 0.493 e. The summed E-state index contributed by atoms with van der Waals surface area (Å²) in [6.45, 7) is -2.97. The Hall–Kier alpha value is -2.41. The molecule has 25 heavy (non-hydrogen) atoms. The first kappa shape index (κ1) is 17.4. The standard InChI is InChI=1S/C18H13BrF2O4/c1-23-15-4-2-3-10(17(15)25-18(20)21)7-11-9-24-14-6-5-12(19)8-13(14)16(11)22/h2-8,18H,9H2,1H3. The summed E-state index contributed by atoms with van der Waals surface area (Å²) in [5, 5.41) is 0. The third-order valence-corrected chi connectivity index (χ3v) is 4.12. The Balaban J connectivity index is 2.03. The first-order valence-corrected chi connectivity index (χ1v) is 8.08. The van der Waals surface area contributed by atoms with Crippen molar-refractivity contribution in [3.05, 3.63) is 57.6 Å². The molecule has 0 radical (unpaired) electrons. The Bertz CT molecular complexity index is 849. The number of Topliss-reactive ketones (excluding diaryl/α,β-unsaturated/α-hetero) is 1. The van der Waals surface area contributed by atoms with E-state index >= 15 is 0 Å². The Kier molecular flexibility index (Phi) is 5.03. The molecule has 0 saturated heterocycles. The number of hydrogen-bond donors (Lipinski definition) is 0. The van der Waals surface area contributed by atoms with Crippen LogP contribution in [0, 0.1) is 0 Å². The molecule has 0 N–H and O–H groups in total. The van der Waals surface area contributed by atoms with E-state index in [2.05, 4.69) is 20.7 Å². The van der Waals surface area contributed by atoms with Crippen molar-refractivity contribution in [1.82, 2.24) is 0 Å². The molecule has 2 aromatic carbocycles. The lowest BCUT2D eigenvalue weighted by Gasteiger charge is -2.19. The van der Waals surface area contributed by atoms with Gasteiger partial charge >= 0.3 is 6.61 Å². The fourth-order valence-corrected chi connectivity index (χ4v) is 2.88. The Morgan fingerprint density at radius 3 is 2.80 bits per heavy atom. The molecule has 0 aliphatic carbocycles. The van der Waals surface area contributed by atoms with Crippen LogP contribution in [0.2, 0.25) is 0 Å². The van der Waals surface area contributed by atoms with Crippen LogP contribution in [0.15, 0.2) is 46.4 Å². The van der Waals surface area contributed by atoms with Gasteiger partial charge in [-0.15, -0.1) is 0 Å². The van der Waals surface area contributed by atoms with Crippen molar-refractivity contribution in [2.75, 3.05) is 13.7 Å². The van der Waals surface area contributed by atoms with Crippen LogP contribution in [0.3, 0.4) is 0 Å². The maximum absolute atomic E-state index is 12.7. The number of halogens is 3. The zero-order valence-electron chi connectivity index (χ0n) is 13.1. The number of para-hydroxylation sites is 1. The first-order chi connectivity index (χ1) is 12.0. The van der Waals surface area contributed by atoms with Gasteiger partial charge < -0.3 is 14.2 Å². The van der Waals surface area contributed by atoms with Crippen LogP contribution in [-0.4, -0.2) is 26.1 Å². The minimum atomic E-state index is -3.01. The monoisotopic (exact) mass is 410 g/mol. The summed E-state index contributed by atoms with van der Waals surface area (Å²) in [5.41, 5.74) is 1.05. The molecular weight excluding hydrogens is 398 g/mol. The second kappa shape index (κ2) is 7.23. The molecule has 1 aliphatic rings. The third-order valence-electron chi connectivity index (χ3n) is 3.63. The highest BCUT2D eigenvalue weighted by Gasteiger charge is 2.24. The van der Waals surface area contributed by atoms with Gasteiger partial charge in [-0.25, -0.2) is 0 Å². The maximum atomic E-state index is 12.7. The third kappa shape index (κ3) is 3.66. The average Bonchev–Trinajstić information content (AvgIpc) is 2.58.